The minimum absolute atomic E-state index is 0.0288. The van der Waals surface area contributed by atoms with E-state index in [9.17, 15) is 18.0 Å². The molecule has 1 heterocycles. The van der Waals surface area contributed by atoms with Gasteiger partial charge in [0.2, 0.25) is 5.91 Å². The molecule has 0 bridgehead atoms. The van der Waals surface area contributed by atoms with Crippen LogP contribution in [0.15, 0.2) is 30.5 Å². The molecule has 0 fully saturated rings. The third-order valence-corrected chi connectivity index (χ3v) is 2.32. The zero-order valence-corrected chi connectivity index (χ0v) is 8.45. The first-order valence-electron chi connectivity index (χ1n) is 4.65. The average Bonchev–Trinajstić information content (AvgIpc) is 2.26. The summed E-state index contributed by atoms with van der Waals surface area (Å²) >= 11 is 0. The summed E-state index contributed by atoms with van der Waals surface area (Å²) in [4.78, 5) is 14.8. The van der Waals surface area contributed by atoms with Crippen molar-refractivity contribution >= 4 is 16.8 Å². The number of hydrogen-bond donors (Lipinski definition) is 1. The summed E-state index contributed by atoms with van der Waals surface area (Å²) in [6.07, 6.45) is -3.76. The molecule has 0 saturated heterocycles. The first kappa shape index (κ1) is 11.4. The van der Waals surface area contributed by atoms with Gasteiger partial charge < -0.3 is 5.73 Å². The van der Waals surface area contributed by atoms with Gasteiger partial charge in [-0.3, -0.25) is 9.78 Å². The van der Waals surface area contributed by atoms with Crippen LogP contribution >= 0.6 is 0 Å². The predicted molar refractivity (Wildman–Crippen MR) is 55.3 cm³/mol. The van der Waals surface area contributed by atoms with E-state index in [0.29, 0.717) is 5.52 Å². The van der Waals surface area contributed by atoms with Crippen molar-refractivity contribution in [3.8, 4) is 0 Å². The van der Waals surface area contributed by atoms with Gasteiger partial charge in [-0.1, -0.05) is 6.07 Å². The second kappa shape index (κ2) is 3.73. The molecule has 2 aromatic rings. The number of fused-ring (bicyclic) bond motifs is 1. The molecule has 88 valence electrons. The number of amides is 1. The zero-order valence-electron chi connectivity index (χ0n) is 8.45. The standard InChI is InChI=1S/C11H7F3N2O/c12-11(13,14)6-4-8-7(10(15)17)2-1-3-9(8)16-5-6/h1-5H,(H2,15,17). The molecule has 3 nitrogen and oxygen atoms in total. The number of hydrogen-bond acceptors (Lipinski definition) is 2. The van der Waals surface area contributed by atoms with Crippen molar-refractivity contribution in [3.05, 3.63) is 41.6 Å². The molecular formula is C11H7F3N2O. The van der Waals surface area contributed by atoms with Crippen molar-refractivity contribution in [1.82, 2.24) is 4.98 Å². The monoisotopic (exact) mass is 240 g/mol. The Hall–Kier alpha value is -2.11. The second-order valence-electron chi connectivity index (χ2n) is 3.46. The maximum absolute atomic E-state index is 12.5. The van der Waals surface area contributed by atoms with E-state index < -0.39 is 17.6 Å². The number of nitrogens with zero attached hydrogens (tertiary/aromatic N) is 1. The van der Waals surface area contributed by atoms with Gasteiger partial charge in [-0.25, -0.2) is 0 Å². The van der Waals surface area contributed by atoms with Gasteiger partial charge in [0.25, 0.3) is 0 Å². The lowest BCUT2D eigenvalue weighted by atomic mass is 10.1. The smallest absolute Gasteiger partial charge is 0.366 e. The first-order valence-corrected chi connectivity index (χ1v) is 4.65. The molecule has 0 saturated carbocycles. The number of carbonyl (C=O) groups excluding carboxylic acids is 1. The molecule has 0 radical (unpaired) electrons. The van der Waals surface area contributed by atoms with Gasteiger partial charge in [-0.15, -0.1) is 0 Å². The summed E-state index contributed by atoms with van der Waals surface area (Å²) in [5.41, 5.74) is 4.52. The predicted octanol–water partition coefficient (Wildman–Crippen LogP) is 2.35. The van der Waals surface area contributed by atoms with Crippen LogP contribution in [0.25, 0.3) is 10.9 Å². The summed E-state index contributed by atoms with van der Waals surface area (Å²) in [5.74, 6) is -0.781. The van der Waals surface area contributed by atoms with Gasteiger partial charge in [0, 0.05) is 17.1 Å². The highest BCUT2D eigenvalue weighted by Crippen LogP contribution is 2.31. The minimum Gasteiger partial charge on any atom is -0.366 e. The molecule has 2 N–H and O–H groups in total. The Balaban J connectivity index is 2.75. The Kier molecular flexibility index (Phi) is 2.49. The van der Waals surface area contributed by atoms with Crippen molar-refractivity contribution in [2.24, 2.45) is 5.73 Å². The van der Waals surface area contributed by atoms with E-state index in [1.807, 2.05) is 0 Å². The molecule has 1 aromatic heterocycles. The maximum atomic E-state index is 12.5. The number of alkyl halides is 3. The molecule has 2 rings (SSSR count). The Labute approximate surface area is 94.1 Å². The molecule has 0 aliphatic carbocycles. The highest BCUT2D eigenvalue weighted by Gasteiger charge is 2.31. The third-order valence-electron chi connectivity index (χ3n) is 2.32. The van der Waals surface area contributed by atoms with Crippen molar-refractivity contribution in [2.45, 2.75) is 6.18 Å². The van der Waals surface area contributed by atoms with Crippen LogP contribution in [0.1, 0.15) is 15.9 Å². The number of rotatable bonds is 1. The fourth-order valence-corrected chi connectivity index (χ4v) is 1.52. The molecule has 0 unspecified atom stereocenters. The number of aromatic nitrogens is 1. The zero-order chi connectivity index (χ0) is 12.6. The van der Waals surface area contributed by atoms with Crippen LogP contribution in [0, 0.1) is 0 Å². The second-order valence-corrected chi connectivity index (χ2v) is 3.46. The maximum Gasteiger partial charge on any atom is 0.417 e. The highest BCUT2D eigenvalue weighted by molar-refractivity contribution is 6.05. The number of halogens is 3. The molecule has 1 amide bonds. The van der Waals surface area contributed by atoms with Crippen molar-refractivity contribution in [1.29, 1.82) is 0 Å². The number of nitrogens with two attached hydrogens (primary N) is 1. The van der Waals surface area contributed by atoms with E-state index in [1.54, 1.807) is 0 Å². The van der Waals surface area contributed by atoms with Crippen LogP contribution in [0.3, 0.4) is 0 Å². The van der Waals surface area contributed by atoms with E-state index in [0.717, 1.165) is 12.3 Å². The van der Waals surface area contributed by atoms with Crippen LogP contribution in [-0.2, 0) is 6.18 Å². The number of benzene rings is 1. The number of pyridine rings is 1. The molecule has 0 atom stereocenters. The van der Waals surface area contributed by atoms with Gasteiger partial charge in [-0.05, 0) is 18.2 Å². The lowest BCUT2D eigenvalue weighted by Gasteiger charge is -2.08. The van der Waals surface area contributed by atoms with Crippen molar-refractivity contribution in [2.75, 3.05) is 0 Å². The highest BCUT2D eigenvalue weighted by atomic mass is 19.4. The topological polar surface area (TPSA) is 56.0 Å². The molecule has 17 heavy (non-hydrogen) atoms. The summed E-state index contributed by atoms with van der Waals surface area (Å²) < 4.78 is 37.5. The number of carbonyl (C=O) groups is 1. The van der Waals surface area contributed by atoms with E-state index in [1.165, 1.54) is 18.2 Å². The fraction of sp³-hybridized carbons (Fsp3) is 0.0909. The molecular weight excluding hydrogens is 233 g/mol. The van der Waals surface area contributed by atoms with Gasteiger partial charge in [0.05, 0.1) is 11.1 Å². The number of primary amides is 1. The lowest BCUT2D eigenvalue weighted by molar-refractivity contribution is -0.137. The van der Waals surface area contributed by atoms with Crippen molar-refractivity contribution < 1.29 is 18.0 Å². The van der Waals surface area contributed by atoms with E-state index in [4.69, 9.17) is 5.73 Å². The van der Waals surface area contributed by atoms with Crippen LogP contribution in [-0.4, -0.2) is 10.9 Å². The van der Waals surface area contributed by atoms with Gasteiger partial charge in [0.15, 0.2) is 0 Å². The van der Waals surface area contributed by atoms with Gasteiger partial charge in [0.1, 0.15) is 0 Å². The Morgan fingerprint density at radius 2 is 2.00 bits per heavy atom. The van der Waals surface area contributed by atoms with Crippen LogP contribution < -0.4 is 5.73 Å². The SMILES string of the molecule is NC(=O)c1cccc2ncc(C(F)(F)F)cc12. The van der Waals surface area contributed by atoms with E-state index in [2.05, 4.69) is 4.98 Å². The Bertz CT molecular complexity index is 593. The average molecular weight is 240 g/mol. The lowest BCUT2D eigenvalue weighted by Crippen LogP contribution is -2.12. The molecule has 1 aromatic carbocycles. The third kappa shape index (κ3) is 2.06. The normalized spacial score (nSPS) is 11.7. The van der Waals surface area contributed by atoms with Crippen molar-refractivity contribution in [3.63, 3.8) is 0 Å². The van der Waals surface area contributed by atoms with Gasteiger partial charge >= 0.3 is 6.18 Å². The van der Waals surface area contributed by atoms with Crippen LogP contribution in [0.5, 0.6) is 0 Å². The fourth-order valence-electron chi connectivity index (χ4n) is 1.52. The van der Waals surface area contributed by atoms with Crippen LogP contribution in [0.4, 0.5) is 13.2 Å². The Morgan fingerprint density at radius 1 is 1.29 bits per heavy atom. The minimum atomic E-state index is -4.49. The molecule has 0 aliphatic rings. The summed E-state index contributed by atoms with van der Waals surface area (Å²) in [7, 11) is 0. The van der Waals surface area contributed by atoms with Crippen LogP contribution in [0.2, 0.25) is 0 Å². The van der Waals surface area contributed by atoms with Gasteiger partial charge in [-0.2, -0.15) is 13.2 Å². The molecule has 6 heteroatoms. The quantitative estimate of drug-likeness (QED) is 0.831. The van der Waals surface area contributed by atoms with E-state index in [-0.39, 0.29) is 10.9 Å². The summed E-state index contributed by atoms with van der Waals surface area (Å²) in [6, 6.07) is 5.28. The molecule has 0 aliphatic heterocycles. The Morgan fingerprint density at radius 3 is 2.59 bits per heavy atom. The largest absolute Gasteiger partial charge is 0.417 e. The van der Waals surface area contributed by atoms with E-state index >= 15 is 0 Å². The first-order chi connectivity index (χ1) is 7.89. The summed E-state index contributed by atoms with van der Waals surface area (Å²) in [5, 5.41) is 0.106. The molecule has 0 spiro atoms. The summed E-state index contributed by atoms with van der Waals surface area (Å²) in [6.45, 7) is 0.